The van der Waals surface area contributed by atoms with Crippen LogP contribution in [0.1, 0.15) is 36.8 Å². The normalized spacial score (nSPS) is 21.2. The Morgan fingerprint density at radius 1 is 1.33 bits per heavy atom. The van der Waals surface area contributed by atoms with Crippen molar-refractivity contribution < 1.29 is 9.90 Å². The van der Waals surface area contributed by atoms with Crippen molar-refractivity contribution in [2.24, 2.45) is 0 Å². The van der Waals surface area contributed by atoms with Crippen LogP contribution in [0.15, 0.2) is 0 Å². The molecule has 0 atom stereocenters. The average Bonchev–Trinajstić information content (AvgIpc) is 2.36. The fraction of sp³-hybridized carbons (Fsp3) is 0.667. The molecule has 0 unspecified atom stereocenters. The smallest absolute Gasteiger partial charge is 0.317 e. The molecule has 0 spiro atoms. The van der Waals surface area contributed by atoms with E-state index in [1.54, 1.807) is 0 Å². The van der Waals surface area contributed by atoms with E-state index < -0.39 is 5.97 Å². The molecule has 1 saturated carbocycles. The summed E-state index contributed by atoms with van der Waals surface area (Å²) in [5, 5.41) is 12.4. The Labute approximate surface area is 125 Å². The van der Waals surface area contributed by atoms with Gasteiger partial charge in [-0.2, -0.15) is 0 Å². The summed E-state index contributed by atoms with van der Waals surface area (Å²) in [6.07, 6.45) is 1.92. The molecule has 0 bridgehead atoms. The summed E-state index contributed by atoms with van der Waals surface area (Å²) in [7, 11) is 0. The van der Waals surface area contributed by atoms with Crippen LogP contribution in [0, 0.1) is 20.8 Å². The van der Waals surface area contributed by atoms with Crippen LogP contribution < -0.4 is 5.32 Å². The monoisotopic (exact) mass is 292 g/mol. The van der Waals surface area contributed by atoms with E-state index in [9.17, 15) is 4.79 Å². The molecule has 1 aromatic rings. The van der Waals surface area contributed by atoms with Crippen LogP contribution >= 0.6 is 0 Å². The second kappa shape index (κ2) is 6.39. The summed E-state index contributed by atoms with van der Waals surface area (Å²) in [5.41, 5.74) is 2.09. The van der Waals surface area contributed by atoms with Crippen molar-refractivity contribution in [1.82, 2.24) is 14.9 Å². The quantitative estimate of drug-likeness (QED) is 0.831. The van der Waals surface area contributed by atoms with Crippen molar-refractivity contribution >= 4 is 11.8 Å². The molecular weight excluding hydrogens is 268 g/mol. The molecule has 6 nitrogen and oxygen atoms in total. The summed E-state index contributed by atoms with van der Waals surface area (Å²) in [5.74, 6) is 0.924. The van der Waals surface area contributed by atoms with Gasteiger partial charge in [0.2, 0.25) is 0 Å². The van der Waals surface area contributed by atoms with Crippen LogP contribution in [0.2, 0.25) is 0 Å². The zero-order chi connectivity index (χ0) is 15.6. The number of anilines is 1. The van der Waals surface area contributed by atoms with Gasteiger partial charge in [0.05, 0.1) is 6.54 Å². The number of rotatable bonds is 6. The number of aryl methyl sites for hydroxylation is 2. The molecule has 1 heterocycles. The summed E-state index contributed by atoms with van der Waals surface area (Å²) in [6.45, 7) is 8.81. The molecule has 1 aromatic heterocycles. The number of nitrogens with zero attached hydrogens (tertiary/aromatic N) is 3. The lowest BCUT2D eigenvalue weighted by atomic mass is 9.85. The van der Waals surface area contributed by atoms with E-state index in [0.29, 0.717) is 12.1 Å². The Morgan fingerprint density at radius 2 is 2.00 bits per heavy atom. The summed E-state index contributed by atoms with van der Waals surface area (Å²) >= 11 is 0. The van der Waals surface area contributed by atoms with Crippen LogP contribution in [0.25, 0.3) is 0 Å². The van der Waals surface area contributed by atoms with Gasteiger partial charge in [0.15, 0.2) is 0 Å². The van der Waals surface area contributed by atoms with E-state index in [4.69, 9.17) is 5.11 Å². The zero-order valence-electron chi connectivity index (χ0n) is 13.2. The van der Waals surface area contributed by atoms with Crippen molar-refractivity contribution in [2.45, 2.75) is 52.6 Å². The first-order chi connectivity index (χ1) is 9.90. The third-order valence-corrected chi connectivity index (χ3v) is 4.22. The molecule has 1 aliphatic rings. The fourth-order valence-electron chi connectivity index (χ4n) is 2.78. The third kappa shape index (κ3) is 3.69. The molecule has 21 heavy (non-hydrogen) atoms. The summed E-state index contributed by atoms with van der Waals surface area (Å²) < 4.78 is 0. The minimum atomic E-state index is -0.758. The van der Waals surface area contributed by atoms with Crippen molar-refractivity contribution in [2.75, 3.05) is 18.4 Å². The SMILES string of the molecule is CCN(CC(=O)O)C1CC(Nc2nc(C)nc(C)c2C)C1. The van der Waals surface area contributed by atoms with Gasteiger partial charge in [-0.15, -0.1) is 0 Å². The largest absolute Gasteiger partial charge is 0.480 e. The molecule has 0 radical (unpaired) electrons. The van der Waals surface area contributed by atoms with Crippen LogP contribution in [0.4, 0.5) is 5.82 Å². The van der Waals surface area contributed by atoms with Crippen molar-refractivity contribution in [1.29, 1.82) is 0 Å². The number of hydrogen-bond acceptors (Lipinski definition) is 5. The first-order valence-electron chi connectivity index (χ1n) is 7.45. The fourth-order valence-corrected chi connectivity index (χ4v) is 2.78. The van der Waals surface area contributed by atoms with Gasteiger partial charge in [-0.3, -0.25) is 9.69 Å². The van der Waals surface area contributed by atoms with Crippen molar-refractivity contribution in [3.8, 4) is 0 Å². The molecule has 0 aliphatic heterocycles. The lowest BCUT2D eigenvalue weighted by molar-refractivity contribution is -0.139. The standard InChI is InChI=1S/C15H24N4O2/c1-5-19(8-14(20)21)13-6-12(7-13)18-15-9(2)10(3)16-11(4)17-15/h12-13H,5-8H2,1-4H3,(H,20,21)(H,16,17,18). The van der Waals surface area contributed by atoms with Gasteiger partial charge in [-0.05, 0) is 40.2 Å². The lowest BCUT2D eigenvalue weighted by Crippen LogP contribution is -2.51. The molecule has 6 heteroatoms. The highest BCUT2D eigenvalue weighted by Gasteiger charge is 2.34. The molecule has 2 rings (SSSR count). The van der Waals surface area contributed by atoms with Gasteiger partial charge in [0, 0.05) is 23.3 Å². The Kier molecular flexibility index (Phi) is 4.77. The van der Waals surface area contributed by atoms with Crippen LogP contribution in [-0.4, -0.2) is 51.1 Å². The number of hydrogen-bond donors (Lipinski definition) is 2. The maximum Gasteiger partial charge on any atom is 0.317 e. The number of carboxylic acids is 1. The molecule has 2 N–H and O–H groups in total. The molecule has 0 amide bonds. The molecule has 1 aliphatic carbocycles. The predicted molar refractivity (Wildman–Crippen MR) is 81.6 cm³/mol. The maximum absolute atomic E-state index is 10.8. The first kappa shape index (κ1) is 15.7. The topological polar surface area (TPSA) is 78.4 Å². The number of carboxylic acid groups (broad SMARTS) is 1. The van der Waals surface area contributed by atoms with Gasteiger partial charge < -0.3 is 10.4 Å². The number of nitrogens with one attached hydrogen (secondary N) is 1. The van der Waals surface area contributed by atoms with E-state index >= 15 is 0 Å². The van der Waals surface area contributed by atoms with Gasteiger partial charge in [0.25, 0.3) is 0 Å². The Morgan fingerprint density at radius 3 is 2.57 bits per heavy atom. The van der Waals surface area contributed by atoms with Crippen molar-refractivity contribution in [3.63, 3.8) is 0 Å². The van der Waals surface area contributed by atoms with Crippen LogP contribution in [-0.2, 0) is 4.79 Å². The predicted octanol–water partition coefficient (Wildman–Crippen LogP) is 1.75. The zero-order valence-corrected chi connectivity index (χ0v) is 13.2. The average molecular weight is 292 g/mol. The van der Waals surface area contributed by atoms with Gasteiger partial charge in [-0.1, -0.05) is 6.92 Å². The summed E-state index contributed by atoms with van der Waals surface area (Å²) in [4.78, 5) is 21.7. The highest BCUT2D eigenvalue weighted by atomic mass is 16.4. The summed E-state index contributed by atoms with van der Waals surface area (Å²) in [6, 6.07) is 0.721. The van der Waals surface area contributed by atoms with Crippen LogP contribution in [0.3, 0.4) is 0 Å². The van der Waals surface area contributed by atoms with Gasteiger partial charge in [-0.25, -0.2) is 9.97 Å². The third-order valence-electron chi connectivity index (χ3n) is 4.22. The number of aromatic nitrogens is 2. The second-order valence-electron chi connectivity index (χ2n) is 5.75. The number of likely N-dealkylation sites (N-methyl/N-ethyl adjacent to an activating group) is 1. The molecule has 0 aromatic carbocycles. The van der Waals surface area contributed by atoms with E-state index in [2.05, 4.69) is 15.3 Å². The number of carbonyl (C=O) groups is 1. The lowest BCUT2D eigenvalue weighted by Gasteiger charge is -2.42. The maximum atomic E-state index is 10.8. The van der Waals surface area contributed by atoms with E-state index in [0.717, 1.165) is 42.3 Å². The van der Waals surface area contributed by atoms with E-state index in [1.807, 2.05) is 32.6 Å². The second-order valence-corrected chi connectivity index (χ2v) is 5.75. The first-order valence-corrected chi connectivity index (χ1v) is 7.45. The molecule has 1 fully saturated rings. The number of aliphatic carboxylic acids is 1. The molecule has 0 saturated heterocycles. The molecular formula is C15H24N4O2. The highest BCUT2D eigenvalue weighted by Crippen LogP contribution is 2.29. The van der Waals surface area contributed by atoms with Crippen LogP contribution in [0.5, 0.6) is 0 Å². The molecule has 116 valence electrons. The minimum Gasteiger partial charge on any atom is -0.480 e. The van der Waals surface area contributed by atoms with E-state index in [-0.39, 0.29) is 6.54 Å². The Balaban J connectivity index is 1.92. The van der Waals surface area contributed by atoms with E-state index in [1.165, 1.54) is 0 Å². The Hall–Kier alpha value is -1.69. The highest BCUT2D eigenvalue weighted by molar-refractivity contribution is 5.69. The van der Waals surface area contributed by atoms with Gasteiger partial charge >= 0.3 is 5.97 Å². The minimum absolute atomic E-state index is 0.124. The van der Waals surface area contributed by atoms with Crippen molar-refractivity contribution in [3.05, 3.63) is 17.1 Å². The Bertz CT molecular complexity index is 527. The van der Waals surface area contributed by atoms with Gasteiger partial charge in [0.1, 0.15) is 11.6 Å².